The van der Waals surface area contributed by atoms with Crippen LogP contribution in [0.2, 0.25) is 0 Å². The van der Waals surface area contributed by atoms with Crippen LogP contribution in [0.3, 0.4) is 0 Å². The van der Waals surface area contributed by atoms with Gasteiger partial charge in [-0.1, -0.05) is 30.3 Å². The summed E-state index contributed by atoms with van der Waals surface area (Å²) in [5.74, 6) is -1.95. The number of aryl methyl sites for hydroxylation is 1. The number of ketones is 1. The maximum absolute atomic E-state index is 12.6. The van der Waals surface area contributed by atoms with Crippen molar-refractivity contribution in [2.75, 3.05) is 18.1 Å². The highest BCUT2D eigenvalue weighted by Gasteiger charge is 2.37. The highest BCUT2D eigenvalue weighted by Crippen LogP contribution is 2.30. The highest BCUT2D eigenvalue weighted by molar-refractivity contribution is 6.01. The van der Waals surface area contributed by atoms with Crippen molar-refractivity contribution in [3.05, 3.63) is 95.1 Å². The van der Waals surface area contributed by atoms with Crippen molar-refractivity contribution >= 4 is 29.3 Å². The molecule has 0 bridgehead atoms. The van der Waals surface area contributed by atoms with Gasteiger partial charge in [0, 0.05) is 24.2 Å². The molecule has 0 aliphatic carbocycles. The molecular formula is C28H25NO6. The molecule has 3 aromatic rings. The summed E-state index contributed by atoms with van der Waals surface area (Å²) in [6.45, 7) is 3.69. The van der Waals surface area contributed by atoms with Gasteiger partial charge in [-0.05, 0) is 67.4 Å². The molecule has 0 radical (unpaired) electrons. The van der Waals surface area contributed by atoms with Crippen molar-refractivity contribution in [2.24, 2.45) is 5.92 Å². The van der Waals surface area contributed by atoms with E-state index in [1.165, 1.54) is 24.3 Å². The van der Waals surface area contributed by atoms with Crippen molar-refractivity contribution < 1.29 is 28.7 Å². The van der Waals surface area contributed by atoms with E-state index in [0.717, 1.165) is 16.8 Å². The largest absolute Gasteiger partial charge is 0.457 e. The molecule has 1 atom stereocenters. The van der Waals surface area contributed by atoms with Gasteiger partial charge in [0.25, 0.3) is 0 Å². The second-order valence-electron chi connectivity index (χ2n) is 8.44. The summed E-state index contributed by atoms with van der Waals surface area (Å²) in [7, 11) is 0. The molecule has 1 aliphatic heterocycles. The third-order valence-corrected chi connectivity index (χ3v) is 6.07. The monoisotopic (exact) mass is 471 g/mol. The minimum atomic E-state index is -0.630. The van der Waals surface area contributed by atoms with Crippen molar-refractivity contribution in [1.82, 2.24) is 0 Å². The second kappa shape index (κ2) is 10.3. The summed E-state index contributed by atoms with van der Waals surface area (Å²) in [5, 5.41) is 0. The van der Waals surface area contributed by atoms with E-state index in [1.807, 2.05) is 32.0 Å². The normalized spacial score (nSPS) is 15.1. The second-order valence-corrected chi connectivity index (χ2v) is 8.44. The number of benzene rings is 3. The number of amides is 1. The summed E-state index contributed by atoms with van der Waals surface area (Å²) in [5.41, 5.74) is 3.57. The fourth-order valence-corrected chi connectivity index (χ4v) is 3.91. The summed E-state index contributed by atoms with van der Waals surface area (Å²) in [6.07, 6.45) is 0.0435. The molecule has 0 N–H and O–H groups in total. The van der Waals surface area contributed by atoms with Crippen molar-refractivity contribution in [1.29, 1.82) is 0 Å². The van der Waals surface area contributed by atoms with Gasteiger partial charge in [-0.25, -0.2) is 4.79 Å². The molecule has 1 amide bonds. The predicted molar refractivity (Wildman–Crippen MR) is 130 cm³/mol. The van der Waals surface area contributed by atoms with E-state index in [4.69, 9.17) is 9.47 Å². The summed E-state index contributed by atoms with van der Waals surface area (Å²) < 4.78 is 10.5. The topological polar surface area (TPSA) is 90.0 Å². The molecule has 178 valence electrons. The molecule has 3 aromatic carbocycles. The molecule has 35 heavy (non-hydrogen) atoms. The number of rotatable bonds is 7. The lowest BCUT2D eigenvalue weighted by atomic mass is 10.1. The fraction of sp³-hybridized carbons (Fsp3) is 0.214. The summed E-state index contributed by atoms with van der Waals surface area (Å²) >= 11 is 0. The molecule has 0 saturated carbocycles. The van der Waals surface area contributed by atoms with E-state index in [2.05, 4.69) is 0 Å². The van der Waals surface area contributed by atoms with Gasteiger partial charge in [0.15, 0.2) is 12.4 Å². The lowest BCUT2D eigenvalue weighted by molar-refractivity contribution is -0.147. The minimum absolute atomic E-state index is 0.0435. The molecular weight excluding hydrogens is 446 g/mol. The van der Waals surface area contributed by atoms with Gasteiger partial charge in [-0.15, -0.1) is 0 Å². The van der Waals surface area contributed by atoms with Crippen molar-refractivity contribution in [3.63, 3.8) is 0 Å². The average molecular weight is 472 g/mol. The van der Waals surface area contributed by atoms with E-state index in [1.54, 1.807) is 35.2 Å². The summed E-state index contributed by atoms with van der Waals surface area (Å²) in [6, 6.07) is 20.3. The Bertz CT molecular complexity index is 1270. The van der Waals surface area contributed by atoms with Crippen LogP contribution in [-0.2, 0) is 14.3 Å². The Kier molecular flexibility index (Phi) is 7.06. The number of carbonyl (C=O) groups is 4. The maximum Gasteiger partial charge on any atom is 0.343 e. The third kappa shape index (κ3) is 5.46. The lowest BCUT2D eigenvalue weighted by Crippen LogP contribution is -2.27. The van der Waals surface area contributed by atoms with Gasteiger partial charge in [-0.3, -0.25) is 14.4 Å². The SMILES string of the molecule is Cc1cccc(N2CC(C(=O)OCC(=O)c3ccc(OC(=O)c4ccccc4)cc3)CC2=O)c1C. The minimum Gasteiger partial charge on any atom is -0.457 e. The highest BCUT2D eigenvalue weighted by atomic mass is 16.5. The molecule has 1 fully saturated rings. The number of carbonyl (C=O) groups excluding carboxylic acids is 4. The summed E-state index contributed by atoms with van der Waals surface area (Å²) in [4.78, 5) is 51.3. The number of ether oxygens (including phenoxy) is 2. The van der Waals surface area contributed by atoms with Crippen molar-refractivity contribution in [2.45, 2.75) is 20.3 Å². The molecule has 0 aromatic heterocycles. The Hall–Kier alpha value is -4.26. The van der Waals surface area contributed by atoms with Crippen LogP contribution < -0.4 is 9.64 Å². The first-order chi connectivity index (χ1) is 16.8. The van der Waals surface area contributed by atoms with Crippen LogP contribution >= 0.6 is 0 Å². The van der Waals surface area contributed by atoms with E-state index in [-0.39, 0.29) is 18.9 Å². The van der Waals surface area contributed by atoms with Crippen LogP contribution in [0.15, 0.2) is 72.8 Å². The Morgan fingerprint density at radius 1 is 0.886 bits per heavy atom. The molecule has 1 saturated heterocycles. The first-order valence-corrected chi connectivity index (χ1v) is 11.3. The standard InChI is InChI=1S/C28H25NO6/c1-18-7-6-10-24(19(18)2)29-16-22(15-26(29)31)27(32)34-17-25(30)20-11-13-23(14-12-20)35-28(33)21-8-4-3-5-9-21/h3-14,22H,15-17H2,1-2H3. The number of nitrogens with zero attached hydrogens (tertiary/aromatic N) is 1. The zero-order valence-electron chi connectivity index (χ0n) is 19.5. The predicted octanol–water partition coefficient (Wildman–Crippen LogP) is 4.30. The van der Waals surface area contributed by atoms with Gasteiger partial charge < -0.3 is 14.4 Å². The van der Waals surface area contributed by atoms with Crippen LogP contribution in [-0.4, -0.2) is 36.8 Å². The number of Topliss-reactive ketones (excluding diaryl/α,β-unsaturated/α-hetero) is 1. The zero-order chi connectivity index (χ0) is 24.9. The van der Waals surface area contributed by atoms with Crippen LogP contribution in [0.25, 0.3) is 0 Å². The third-order valence-electron chi connectivity index (χ3n) is 6.07. The fourth-order valence-electron chi connectivity index (χ4n) is 3.91. The van der Waals surface area contributed by atoms with E-state index >= 15 is 0 Å². The van der Waals surface area contributed by atoms with Gasteiger partial charge in [0.1, 0.15) is 5.75 Å². The van der Waals surface area contributed by atoms with Crippen LogP contribution in [0.1, 0.15) is 38.3 Å². The Labute approximate surface area is 203 Å². The van der Waals surface area contributed by atoms with Gasteiger partial charge in [-0.2, -0.15) is 0 Å². The Morgan fingerprint density at radius 3 is 2.31 bits per heavy atom. The Morgan fingerprint density at radius 2 is 1.60 bits per heavy atom. The Balaban J connectivity index is 1.30. The first kappa shape index (κ1) is 23.9. The van der Waals surface area contributed by atoms with Gasteiger partial charge in [0.2, 0.25) is 5.91 Å². The van der Waals surface area contributed by atoms with E-state index in [0.29, 0.717) is 16.9 Å². The van der Waals surface area contributed by atoms with E-state index < -0.39 is 30.2 Å². The zero-order valence-corrected chi connectivity index (χ0v) is 19.5. The van der Waals surface area contributed by atoms with Crippen LogP contribution in [0.5, 0.6) is 5.75 Å². The van der Waals surface area contributed by atoms with E-state index in [9.17, 15) is 19.2 Å². The number of anilines is 1. The van der Waals surface area contributed by atoms with Crippen molar-refractivity contribution in [3.8, 4) is 5.75 Å². The number of hydrogen-bond acceptors (Lipinski definition) is 6. The average Bonchev–Trinajstić information content (AvgIpc) is 3.26. The molecule has 7 heteroatoms. The maximum atomic E-state index is 12.6. The van der Waals surface area contributed by atoms with Crippen LogP contribution in [0.4, 0.5) is 5.69 Å². The molecule has 1 aliphatic rings. The molecule has 7 nitrogen and oxygen atoms in total. The smallest absolute Gasteiger partial charge is 0.343 e. The number of esters is 2. The molecule has 4 rings (SSSR count). The van der Waals surface area contributed by atoms with Gasteiger partial charge >= 0.3 is 11.9 Å². The molecule has 1 unspecified atom stereocenters. The van der Waals surface area contributed by atoms with Crippen LogP contribution in [0, 0.1) is 19.8 Å². The lowest BCUT2D eigenvalue weighted by Gasteiger charge is -2.20. The molecule has 0 spiro atoms. The quantitative estimate of drug-likeness (QED) is 0.290. The first-order valence-electron chi connectivity index (χ1n) is 11.3. The molecule has 1 heterocycles. The van der Waals surface area contributed by atoms with Gasteiger partial charge in [0.05, 0.1) is 11.5 Å². The number of hydrogen-bond donors (Lipinski definition) is 0.